The van der Waals surface area contributed by atoms with Crippen molar-refractivity contribution < 1.29 is 9.47 Å². The van der Waals surface area contributed by atoms with Gasteiger partial charge in [-0.3, -0.25) is 4.98 Å². The van der Waals surface area contributed by atoms with Gasteiger partial charge in [0.1, 0.15) is 11.5 Å². The fourth-order valence-corrected chi connectivity index (χ4v) is 2.20. The summed E-state index contributed by atoms with van der Waals surface area (Å²) in [5.74, 6) is 1.67. The van der Waals surface area contributed by atoms with Gasteiger partial charge in [0, 0.05) is 23.9 Å². The maximum Gasteiger partial charge on any atom is 0.138 e. The fraction of sp³-hybridized carbons (Fsp3) is 0.353. The molecule has 21 heavy (non-hydrogen) atoms. The molecule has 0 spiro atoms. The van der Waals surface area contributed by atoms with Crippen molar-refractivity contribution in [3.63, 3.8) is 0 Å². The maximum absolute atomic E-state index is 5.70. The molecule has 0 bridgehead atoms. The van der Waals surface area contributed by atoms with Crippen molar-refractivity contribution in [1.29, 1.82) is 0 Å². The molecular formula is C17H22N2O2. The highest BCUT2D eigenvalue weighted by Crippen LogP contribution is 2.28. The van der Waals surface area contributed by atoms with Crippen LogP contribution in [0, 0.1) is 0 Å². The lowest BCUT2D eigenvalue weighted by Crippen LogP contribution is -2.07. The molecule has 4 heteroatoms. The summed E-state index contributed by atoms with van der Waals surface area (Å²) in [7, 11) is 3.61. The zero-order valence-electron chi connectivity index (χ0n) is 13.0. The number of nitrogens with one attached hydrogen (secondary N) is 1. The second kappa shape index (κ2) is 7.09. The maximum atomic E-state index is 5.70. The number of hydrogen-bond acceptors (Lipinski definition) is 4. The van der Waals surface area contributed by atoms with Crippen LogP contribution < -0.4 is 14.8 Å². The Bertz CT molecular complexity index is 597. The summed E-state index contributed by atoms with van der Waals surface area (Å²) >= 11 is 0. The highest BCUT2D eigenvalue weighted by Gasteiger charge is 2.07. The van der Waals surface area contributed by atoms with Gasteiger partial charge >= 0.3 is 0 Å². The van der Waals surface area contributed by atoms with Crippen molar-refractivity contribution in [2.45, 2.75) is 26.5 Å². The van der Waals surface area contributed by atoms with Crippen LogP contribution in [-0.2, 0) is 6.54 Å². The smallest absolute Gasteiger partial charge is 0.138 e. The van der Waals surface area contributed by atoms with Gasteiger partial charge < -0.3 is 14.8 Å². The summed E-state index contributed by atoms with van der Waals surface area (Å²) in [5, 5.41) is 3.15. The molecule has 112 valence electrons. The van der Waals surface area contributed by atoms with E-state index in [4.69, 9.17) is 9.47 Å². The highest BCUT2D eigenvalue weighted by molar-refractivity contribution is 5.66. The molecular weight excluding hydrogens is 264 g/mol. The Labute approximate surface area is 126 Å². The lowest BCUT2D eigenvalue weighted by atomic mass is 10.0. The van der Waals surface area contributed by atoms with Crippen LogP contribution in [0.2, 0.25) is 0 Å². The predicted molar refractivity (Wildman–Crippen MR) is 84.8 cm³/mol. The van der Waals surface area contributed by atoms with Crippen molar-refractivity contribution in [1.82, 2.24) is 10.3 Å². The van der Waals surface area contributed by atoms with Crippen molar-refractivity contribution in [2.24, 2.45) is 0 Å². The van der Waals surface area contributed by atoms with Gasteiger partial charge in [0.25, 0.3) is 0 Å². The third-order valence-electron chi connectivity index (χ3n) is 3.07. The number of rotatable bonds is 6. The van der Waals surface area contributed by atoms with E-state index in [1.165, 1.54) is 0 Å². The molecule has 2 aromatic rings. The molecule has 0 radical (unpaired) electrons. The number of methoxy groups -OCH3 is 1. The van der Waals surface area contributed by atoms with Crippen LogP contribution in [0.5, 0.6) is 11.5 Å². The summed E-state index contributed by atoms with van der Waals surface area (Å²) < 4.78 is 11.1. The van der Waals surface area contributed by atoms with Crippen molar-refractivity contribution in [2.75, 3.05) is 14.2 Å². The topological polar surface area (TPSA) is 43.4 Å². The van der Waals surface area contributed by atoms with E-state index in [-0.39, 0.29) is 6.10 Å². The second-order valence-corrected chi connectivity index (χ2v) is 5.13. The molecule has 2 rings (SSSR count). The molecule has 0 aliphatic carbocycles. The molecule has 1 aromatic carbocycles. The summed E-state index contributed by atoms with van der Waals surface area (Å²) in [4.78, 5) is 4.26. The molecule has 4 nitrogen and oxygen atoms in total. The van der Waals surface area contributed by atoms with E-state index in [9.17, 15) is 0 Å². The first kappa shape index (κ1) is 15.3. The largest absolute Gasteiger partial charge is 0.496 e. The number of aromatic nitrogens is 1. The average Bonchev–Trinajstić information content (AvgIpc) is 2.47. The molecule has 0 saturated heterocycles. The van der Waals surface area contributed by atoms with Crippen LogP contribution in [0.1, 0.15) is 19.4 Å². The molecule has 0 atom stereocenters. The number of benzene rings is 1. The Hall–Kier alpha value is -2.07. The highest BCUT2D eigenvalue weighted by atomic mass is 16.5. The first-order valence-corrected chi connectivity index (χ1v) is 7.07. The standard InChI is InChI=1S/C17H22N2O2/c1-12(2)21-16-8-14(10-19-11-16)13-5-6-17(20-4)15(7-13)9-18-3/h5-8,10-12,18H,9H2,1-4H3. The van der Waals surface area contributed by atoms with E-state index >= 15 is 0 Å². The van der Waals surface area contributed by atoms with E-state index in [1.54, 1.807) is 13.3 Å². The zero-order chi connectivity index (χ0) is 15.2. The molecule has 1 aromatic heterocycles. The van der Waals surface area contributed by atoms with Crippen LogP contribution in [0.15, 0.2) is 36.7 Å². The number of pyridine rings is 1. The predicted octanol–water partition coefficient (Wildman–Crippen LogP) is 3.26. The quantitative estimate of drug-likeness (QED) is 0.885. The summed E-state index contributed by atoms with van der Waals surface area (Å²) in [6, 6.07) is 8.15. The van der Waals surface area contributed by atoms with Crippen LogP contribution in [0.3, 0.4) is 0 Å². The minimum Gasteiger partial charge on any atom is -0.496 e. The third kappa shape index (κ3) is 3.95. The summed E-state index contributed by atoms with van der Waals surface area (Å²) in [6.45, 7) is 4.77. The van der Waals surface area contributed by atoms with Gasteiger partial charge in [-0.1, -0.05) is 6.07 Å². The van der Waals surface area contributed by atoms with Crippen LogP contribution in [-0.4, -0.2) is 25.2 Å². The Balaban J connectivity index is 2.35. The Morgan fingerprint density at radius 3 is 2.62 bits per heavy atom. The monoisotopic (exact) mass is 286 g/mol. The Kier molecular flexibility index (Phi) is 5.17. The number of nitrogens with zero attached hydrogens (tertiary/aromatic N) is 1. The van der Waals surface area contributed by atoms with E-state index in [1.807, 2.05) is 45.3 Å². The first-order chi connectivity index (χ1) is 10.1. The molecule has 1 heterocycles. The Morgan fingerprint density at radius 1 is 1.14 bits per heavy atom. The first-order valence-electron chi connectivity index (χ1n) is 7.07. The van der Waals surface area contributed by atoms with Crippen molar-refractivity contribution in [3.05, 3.63) is 42.2 Å². The zero-order valence-corrected chi connectivity index (χ0v) is 13.0. The molecule has 0 aliphatic rings. The normalized spacial score (nSPS) is 10.7. The summed E-state index contributed by atoms with van der Waals surface area (Å²) in [6.07, 6.45) is 3.72. The second-order valence-electron chi connectivity index (χ2n) is 5.13. The summed E-state index contributed by atoms with van der Waals surface area (Å²) in [5.41, 5.74) is 3.25. The minimum absolute atomic E-state index is 0.137. The molecule has 0 amide bonds. The van der Waals surface area contributed by atoms with Crippen LogP contribution >= 0.6 is 0 Å². The SMILES string of the molecule is CNCc1cc(-c2cncc(OC(C)C)c2)ccc1OC. The van der Waals surface area contributed by atoms with Crippen molar-refractivity contribution in [3.8, 4) is 22.6 Å². The van der Waals surface area contributed by atoms with Gasteiger partial charge in [-0.25, -0.2) is 0 Å². The minimum atomic E-state index is 0.137. The van der Waals surface area contributed by atoms with Crippen molar-refractivity contribution >= 4 is 0 Å². The van der Waals surface area contributed by atoms with E-state index < -0.39 is 0 Å². The fourth-order valence-electron chi connectivity index (χ4n) is 2.20. The van der Waals surface area contributed by atoms with Gasteiger partial charge in [-0.2, -0.15) is 0 Å². The molecule has 1 N–H and O–H groups in total. The lowest BCUT2D eigenvalue weighted by molar-refractivity contribution is 0.241. The van der Waals surface area contributed by atoms with Gasteiger partial charge in [0.15, 0.2) is 0 Å². The average molecular weight is 286 g/mol. The Morgan fingerprint density at radius 2 is 1.95 bits per heavy atom. The van der Waals surface area contributed by atoms with Gasteiger partial charge in [0.05, 0.1) is 19.4 Å². The van der Waals surface area contributed by atoms with E-state index in [0.29, 0.717) is 0 Å². The van der Waals surface area contributed by atoms with Gasteiger partial charge in [-0.15, -0.1) is 0 Å². The van der Waals surface area contributed by atoms with Crippen LogP contribution in [0.25, 0.3) is 11.1 Å². The van der Waals surface area contributed by atoms with Gasteiger partial charge in [-0.05, 0) is 44.7 Å². The van der Waals surface area contributed by atoms with Crippen LogP contribution in [0.4, 0.5) is 0 Å². The van der Waals surface area contributed by atoms with E-state index in [0.717, 1.165) is 34.7 Å². The molecule has 0 saturated carbocycles. The molecule has 0 unspecified atom stereocenters. The molecule has 0 aliphatic heterocycles. The number of ether oxygens (including phenoxy) is 2. The van der Waals surface area contributed by atoms with Gasteiger partial charge in [0.2, 0.25) is 0 Å². The lowest BCUT2D eigenvalue weighted by Gasteiger charge is -2.12. The molecule has 0 fully saturated rings. The number of hydrogen-bond donors (Lipinski definition) is 1. The third-order valence-corrected chi connectivity index (χ3v) is 3.07. The van der Waals surface area contributed by atoms with E-state index in [2.05, 4.69) is 16.4 Å².